The van der Waals surface area contributed by atoms with Gasteiger partial charge in [-0.25, -0.2) is 0 Å². The van der Waals surface area contributed by atoms with Gasteiger partial charge >= 0.3 is 0 Å². The number of carbonyl (C=O) groups is 1. The summed E-state index contributed by atoms with van der Waals surface area (Å²) in [5.74, 6) is 2.51. The summed E-state index contributed by atoms with van der Waals surface area (Å²) in [6.07, 6.45) is 6.40. The summed E-state index contributed by atoms with van der Waals surface area (Å²) in [4.78, 5) is 12.1. The average molecular weight is 354 g/mol. The second-order valence-electron chi connectivity index (χ2n) is 5.36. The van der Waals surface area contributed by atoms with Crippen molar-refractivity contribution >= 4 is 17.9 Å². The maximum atomic E-state index is 12.1. The maximum Gasteiger partial charge on any atom is 0.178 e. The number of ketones is 1. The fourth-order valence-corrected chi connectivity index (χ4v) is 2.26. The highest BCUT2D eigenvalue weighted by Crippen LogP contribution is 2.24. The van der Waals surface area contributed by atoms with Crippen molar-refractivity contribution in [2.45, 2.75) is 0 Å². The summed E-state index contributed by atoms with van der Waals surface area (Å²) in [5, 5.41) is 0. The third-order valence-electron chi connectivity index (χ3n) is 3.63. The molecule has 0 radical (unpaired) electrons. The minimum absolute atomic E-state index is 0.145. The third kappa shape index (κ3) is 5.41. The van der Waals surface area contributed by atoms with E-state index in [9.17, 15) is 4.79 Å². The van der Waals surface area contributed by atoms with E-state index < -0.39 is 0 Å². The number of benzene rings is 2. The summed E-state index contributed by atoms with van der Waals surface area (Å²) in [7, 11) is 6.33. The highest BCUT2D eigenvalue weighted by molar-refractivity contribution is 6.04. The van der Waals surface area contributed by atoms with Crippen LogP contribution in [-0.4, -0.2) is 34.2 Å². The number of hydrogen-bond donors (Lipinski definition) is 0. The van der Waals surface area contributed by atoms with Gasteiger partial charge < -0.3 is 18.9 Å². The van der Waals surface area contributed by atoms with E-state index in [0.717, 1.165) is 11.1 Å². The predicted molar refractivity (Wildman–Crippen MR) is 102 cm³/mol. The van der Waals surface area contributed by atoms with Crippen LogP contribution in [0.3, 0.4) is 0 Å². The lowest BCUT2D eigenvalue weighted by Gasteiger charge is -2.05. The molecule has 0 aliphatic carbocycles. The predicted octanol–water partition coefficient (Wildman–Crippen LogP) is 4.02. The van der Waals surface area contributed by atoms with Crippen molar-refractivity contribution in [3.63, 3.8) is 0 Å². The van der Waals surface area contributed by atoms with Crippen molar-refractivity contribution in [3.05, 3.63) is 59.7 Å². The number of carbonyl (C=O) groups excluding carboxylic acids is 1. The molecule has 2 aromatic rings. The lowest BCUT2D eigenvalue weighted by atomic mass is 10.1. The molecule has 5 nitrogen and oxygen atoms in total. The second kappa shape index (κ2) is 9.32. The Hall–Kier alpha value is -3.21. The fraction of sp³-hybridized carbons (Fsp3) is 0.190. The molecule has 136 valence electrons. The molecule has 0 unspecified atom stereocenters. The fourth-order valence-electron chi connectivity index (χ4n) is 2.26. The lowest BCUT2D eigenvalue weighted by Crippen LogP contribution is -1.90. The van der Waals surface area contributed by atoms with Gasteiger partial charge in [-0.3, -0.25) is 4.79 Å². The molecule has 2 rings (SSSR count). The molecule has 0 heterocycles. The van der Waals surface area contributed by atoms with E-state index in [-0.39, 0.29) is 5.78 Å². The minimum Gasteiger partial charge on any atom is -0.497 e. The minimum atomic E-state index is -0.145. The highest BCUT2D eigenvalue weighted by atomic mass is 16.5. The van der Waals surface area contributed by atoms with Crippen LogP contribution in [0.25, 0.3) is 12.2 Å². The molecule has 0 atom stereocenters. The zero-order chi connectivity index (χ0) is 18.9. The van der Waals surface area contributed by atoms with Gasteiger partial charge in [-0.2, -0.15) is 0 Å². The summed E-state index contributed by atoms with van der Waals surface area (Å²) in [6.45, 7) is 0. The molecule has 0 N–H and O–H groups in total. The Balaban J connectivity index is 2.13. The average Bonchev–Trinajstić information content (AvgIpc) is 2.69. The Labute approximate surface area is 153 Å². The van der Waals surface area contributed by atoms with Crippen LogP contribution in [0.2, 0.25) is 0 Å². The summed E-state index contributed by atoms with van der Waals surface area (Å²) >= 11 is 0. The Morgan fingerprint density at radius 3 is 1.19 bits per heavy atom. The van der Waals surface area contributed by atoms with E-state index in [4.69, 9.17) is 18.9 Å². The number of rotatable bonds is 8. The SMILES string of the molecule is COc1cc(/C=C\C(=O)/C=C/c2cc(OC)cc(OC)c2)cc(OC)c1. The highest BCUT2D eigenvalue weighted by Gasteiger charge is 2.01. The molecule has 0 aromatic heterocycles. The van der Waals surface area contributed by atoms with Crippen LogP contribution in [0.4, 0.5) is 0 Å². The summed E-state index contributed by atoms with van der Waals surface area (Å²) in [5.41, 5.74) is 1.62. The Morgan fingerprint density at radius 2 is 0.923 bits per heavy atom. The number of ether oxygens (including phenoxy) is 4. The van der Waals surface area contributed by atoms with Crippen molar-refractivity contribution in [3.8, 4) is 23.0 Å². The maximum absolute atomic E-state index is 12.1. The van der Waals surface area contributed by atoms with Crippen LogP contribution in [0, 0.1) is 0 Å². The van der Waals surface area contributed by atoms with E-state index in [0.29, 0.717) is 23.0 Å². The second-order valence-corrected chi connectivity index (χ2v) is 5.36. The first-order valence-corrected chi connectivity index (χ1v) is 7.94. The zero-order valence-electron chi connectivity index (χ0n) is 15.3. The molecule has 0 spiro atoms. The first kappa shape index (κ1) is 19.1. The quantitative estimate of drug-likeness (QED) is 0.670. The van der Waals surface area contributed by atoms with Gasteiger partial charge in [0.15, 0.2) is 5.78 Å². The molecule has 0 saturated heterocycles. The van der Waals surface area contributed by atoms with E-state index >= 15 is 0 Å². The zero-order valence-corrected chi connectivity index (χ0v) is 15.3. The van der Waals surface area contributed by atoms with Crippen molar-refractivity contribution in [2.75, 3.05) is 28.4 Å². The van der Waals surface area contributed by atoms with Gasteiger partial charge in [0, 0.05) is 12.1 Å². The van der Waals surface area contributed by atoms with Crippen LogP contribution in [0.15, 0.2) is 48.6 Å². The van der Waals surface area contributed by atoms with Gasteiger partial charge in [0.25, 0.3) is 0 Å². The molecular weight excluding hydrogens is 332 g/mol. The lowest BCUT2D eigenvalue weighted by molar-refractivity contribution is -0.110. The molecule has 0 amide bonds. The van der Waals surface area contributed by atoms with Crippen LogP contribution in [0.1, 0.15) is 11.1 Å². The smallest absolute Gasteiger partial charge is 0.178 e. The van der Waals surface area contributed by atoms with E-state index in [1.807, 2.05) is 24.3 Å². The van der Waals surface area contributed by atoms with Gasteiger partial charge in [-0.1, -0.05) is 12.2 Å². The molecule has 0 saturated carbocycles. The molecule has 0 aliphatic heterocycles. The third-order valence-corrected chi connectivity index (χ3v) is 3.63. The van der Waals surface area contributed by atoms with E-state index in [1.54, 1.807) is 52.7 Å². The normalized spacial score (nSPS) is 10.9. The van der Waals surface area contributed by atoms with Gasteiger partial charge in [-0.15, -0.1) is 0 Å². The van der Waals surface area contributed by atoms with Crippen molar-refractivity contribution in [1.82, 2.24) is 0 Å². The molecule has 2 aromatic carbocycles. The Kier molecular flexibility index (Phi) is 6.85. The van der Waals surface area contributed by atoms with Crippen LogP contribution in [0.5, 0.6) is 23.0 Å². The van der Waals surface area contributed by atoms with Crippen molar-refractivity contribution < 1.29 is 23.7 Å². The first-order valence-electron chi connectivity index (χ1n) is 7.94. The van der Waals surface area contributed by atoms with Crippen molar-refractivity contribution in [1.29, 1.82) is 0 Å². The van der Waals surface area contributed by atoms with Gasteiger partial charge in [0.1, 0.15) is 23.0 Å². The van der Waals surface area contributed by atoms with Crippen LogP contribution < -0.4 is 18.9 Å². The standard InChI is InChI=1S/C21H22O5/c1-23-18-9-15(10-19(13-18)24-2)5-7-17(22)8-6-16-11-20(25-3)14-21(12-16)26-4/h5-14H,1-4H3/b7-5-,8-6+. The largest absolute Gasteiger partial charge is 0.497 e. The molecule has 5 heteroatoms. The number of allylic oxidation sites excluding steroid dienone is 2. The van der Waals surface area contributed by atoms with Crippen molar-refractivity contribution in [2.24, 2.45) is 0 Å². The monoisotopic (exact) mass is 354 g/mol. The Morgan fingerprint density at radius 1 is 0.615 bits per heavy atom. The van der Waals surface area contributed by atoms with Gasteiger partial charge in [-0.05, 0) is 47.5 Å². The molecule has 0 bridgehead atoms. The van der Waals surface area contributed by atoms with Gasteiger partial charge in [0.05, 0.1) is 28.4 Å². The first-order chi connectivity index (χ1) is 12.6. The summed E-state index contributed by atoms with van der Waals surface area (Å²) in [6, 6.07) is 10.8. The molecular formula is C21H22O5. The topological polar surface area (TPSA) is 54.0 Å². The number of methoxy groups -OCH3 is 4. The molecule has 0 fully saturated rings. The van der Waals surface area contributed by atoms with Crippen LogP contribution >= 0.6 is 0 Å². The van der Waals surface area contributed by atoms with Gasteiger partial charge in [0.2, 0.25) is 0 Å². The molecule has 26 heavy (non-hydrogen) atoms. The van der Waals surface area contributed by atoms with E-state index in [1.165, 1.54) is 12.2 Å². The van der Waals surface area contributed by atoms with Crippen LogP contribution in [-0.2, 0) is 4.79 Å². The Bertz CT molecular complexity index is 709. The summed E-state index contributed by atoms with van der Waals surface area (Å²) < 4.78 is 20.9. The number of hydrogen-bond acceptors (Lipinski definition) is 5. The molecule has 0 aliphatic rings. The van der Waals surface area contributed by atoms with E-state index in [2.05, 4.69) is 0 Å².